The van der Waals surface area contributed by atoms with E-state index in [1.807, 2.05) is 0 Å². The Hall–Kier alpha value is -1.74. The number of likely N-dealkylation sites (tertiary alicyclic amines) is 2. The van der Waals surface area contributed by atoms with E-state index in [0.29, 0.717) is 11.8 Å². The van der Waals surface area contributed by atoms with Gasteiger partial charge < -0.3 is 9.68 Å². The first-order valence-corrected chi connectivity index (χ1v) is 18.8. The molecule has 6 nitrogen and oxygen atoms in total. The van der Waals surface area contributed by atoms with Crippen LogP contribution in [0.5, 0.6) is 0 Å². The fourth-order valence-electron chi connectivity index (χ4n) is 6.94. The highest BCUT2D eigenvalue weighted by atomic mass is 79.9. The molecule has 6 rings (SSSR count). The van der Waals surface area contributed by atoms with Gasteiger partial charge in [-0.15, -0.1) is 0 Å². The zero-order chi connectivity index (χ0) is 32.9. The first-order valence-electron chi connectivity index (χ1n) is 17.2. The van der Waals surface area contributed by atoms with Crippen LogP contribution in [0.3, 0.4) is 0 Å². The normalized spacial score (nSPS) is 23.7. The lowest BCUT2D eigenvalue weighted by Crippen LogP contribution is -2.37. The summed E-state index contributed by atoms with van der Waals surface area (Å²) in [5.74, 6) is 1.29. The molecule has 2 atom stereocenters. The van der Waals surface area contributed by atoms with Crippen molar-refractivity contribution < 1.29 is 9.68 Å². The number of nitrogens with zero attached hydrogens (tertiary/aromatic N) is 4. The second-order valence-electron chi connectivity index (χ2n) is 15.8. The van der Waals surface area contributed by atoms with E-state index >= 15 is 0 Å². The molecule has 2 fully saturated rings. The van der Waals surface area contributed by atoms with Gasteiger partial charge in [-0.05, 0) is 117 Å². The van der Waals surface area contributed by atoms with Gasteiger partial charge in [0.25, 0.3) is 0 Å². The summed E-state index contributed by atoms with van der Waals surface area (Å²) in [5.41, 5.74) is 6.11. The SMILES string of the molecule is CC(C)(C)c1ccc(CN2CCC([C@@H]3CC(Br)=NO3)CC2)cc1.CC(C)(C)c1ccc(CN2CCC([C@H]3CC(Br)=NO3)CC2)cc1. The Morgan fingerprint density at radius 3 is 1.17 bits per heavy atom. The van der Waals surface area contributed by atoms with E-state index in [4.69, 9.17) is 9.68 Å². The first kappa shape index (κ1) is 35.6. The number of hydrogen-bond donors (Lipinski definition) is 0. The zero-order valence-corrected chi connectivity index (χ0v) is 31.9. The van der Waals surface area contributed by atoms with E-state index < -0.39 is 0 Å². The molecule has 0 aromatic heterocycles. The van der Waals surface area contributed by atoms with Crippen molar-refractivity contribution in [2.24, 2.45) is 22.1 Å². The van der Waals surface area contributed by atoms with Crippen molar-refractivity contribution in [3.05, 3.63) is 70.8 Å². The summed E-state index contributed by atoms with van der Waals surface area (Å²) in [5, 5.41) is 8.05. The van der Waals surface area contributed by atoms with E-state index in [2.05, 4.69) is 142 Å². The molecule has 2 aromatic rings. The van der Waals surface area contributed by atoms with Crippen LogP contribution >= 0.6 is 31.9 Å². The molecule has 0 aliphatic carbocycles. The molecule has 2 saturated heterocycles. The van der Waals surface area contributed by atoms with Gasteiger partial charge in [0.05, 0.1) is 0 Å². The first-order chi connectivity index (χ1) is 21.8. The van der Waals surface area contributed by atoms with Crippen LogP contribution in [0, 0.1) is 11.8 Å². The quantitative estimate of drug-likeness (QED) is 0.295. The lowest BCUT2D eigenvalue weighted by atomic mass is 9.86. The van der Waals surface area contributed by atoms with Gasteiger partial charge in [-0.1, -0.05) is 100 Å². The van der Waals surface area contributed by atoms with Gasteiger partial charge in [0, 0.05) is 37.8 Å². The molecular formula is C38H54Br2N4O2. The van der Waals surface area contributed by atoms with E-state index in [9.17, 15) is 0 Å². The molecule has 0 radical (unpaired) electrons. The third-order valence-electron chi connectivity index (χ3n) is 10.1. The summed E-state index contributed by atoms with van der Waals surface area (Å²) in [4.78, 5) is 16.2. The minimum absolute atomic E-state index is 0.231. The molecule has 4 heterocycles. The average Bonchev–Trinajstić information content (AvgIpc) is 3.66. The Balaban J connectivity index is 0.000000181. The van der Waals surface area contributed by atoms with Crippen LogP contribution in [0.15, 0.2) is 58.8 Å². The highest BCUT2D eigenvalue weighted by Gasteiger charge is 2.33. The van der Waals surface area contributed by atoms with Crippen molar-refractivity contribution >= 4 is 41.1 Å². The average molecular weight is 759 g/mol. The molecule has 4 aliphatic heterocycles. The van der Waals surface area contributed by atoms with Crippen LogP contribution in [-0.4, -0.2) is 57.4 Å². The Morgan fingerprint density at radius 2 is 0.913 bits per heavy atom. The molecule has 0 saturated carbocycles. The number of rotatable bonds is 6. The summed E-state index contributed by atoms with van der Waals surface area (Å²) in [7, 11) is 0. The number of oxime groups is 2. The Bertz CT molecular complexity index is 1210. The Labute approximate surface area is 294 Å². The van der Waals surface area contributed by atoms with Gasteiger partial charge in [0.2, 0.25) is 0 Å². The molecule has 0 amide bonds. The maximum Gasteiger partial charge on any atom is 0.136 e. The molecule has 0 N–H and O–H groups in total. The van der Waals surface area contributed by atoms with E-state index in [-0.39, 0.29) is 23.0 Å². The minimum atomic E-state index is 0.231. The van der Waals surface area contributed by atoms with Crippen molar-refractivity contribution in [3.8, 4) is 0 Å². The van der Waals surface area contributed by atoms with Crippen molar-refractivity contribution in [3.63, 3.8) is 0 Å². The number of halogens is 2. The summed E-state index contributed by atoms with van der Waals surface area (Å²) in [6, 6.07) is 18.3. The topological polar surface area (TPSA) is 49.7 Å². The van der Waals surface area contributed by atoms with Crippen LogP contribution in [0.4, 0.5) is 0 Å². The fraction of sp³-hybridized carbons (Fsp3) is 0.632. The van der Waals surface area contributed by atoms with E-state index in [1.165, 1.54) is 47.9 Å². The molecule has 4 aliphatic rings. The predicted octanol–water partition coefficient (Wildman–Crippen LogP) is 9.39. The molecule has 252 valence electrons. The molecule has 8 heteroatoms. The Morgan fingerprint density at radius 1 is 0.587 bits per heavy atom. The smallest absolute Gasteiger partial charge is 0.136 e. The minimum Gasteiger partial charge on any atom is -0.391 e. The molecule has 2 aromatic carbocycles. The highest BCUT2D eigenvalue weighted by molar-refractivity contribution is 9.18. The highest BCUT2D eigenvalue weighted by Crippen LogP contribution is 2.32. The van der Waals surface area contributed by atoms with Crippen molar-refractivity contribution in [1.29, 1.82) is 0 Å². The predicted molar refractivity (Wildman–Crippen MR) is 198 cm³/mol. The van der Waals surface area contributed by atoms with Gasteiger partial charge in [-0.3, -0.25) is 9.80 Å². The van der Waals surface area contributed by atoms with Crippen molar-refractivity contribution in [2.45, 2.75) is 116 Å². The summed E-state index contributed by atoms with van der Waals surface area (Å²) in [6.45, 7) is 20.3. The molecular weight excluding hydrogens is 704 g/mol. The second-order valence-corrected chi connectivity index (χ2v) is 17.6. The third-order valence-corrected chi connectivity index (χ3v) is 11.0. The van der Waals surface area contributed by atoms with Crippen LogP contribution in [0.2, 0.25) is 0 Å². The van der Waals surface area contributed by atoms with Gasteiger partial charge in [0.15, 0.2) is 0 Å². The van der Waals surface area contributed by atoms with E-state index in [0.717, 1.165) is 61.4 Å². The van der Waals surface area contributed by atoms with Crippen LogP contribution in [0.1, 0.15) is 102 Å². The largest absolute Gasteiger partial charge is 0.391 e. The maximum atomic E-state index is 5.53. The monoisotopic (exact) mass is 756 g/mol. The van der Waals surface area contributed by atoms with Gasteiger partial charge in [0.1, 0.15) is 21.4 Å². The number of benzene rings is 2. The zero-order valence-electron chi connectivity index (χ0n) is 28.8. The van der Waals surface area contributed by atoms with E-state index in [1.54, 1.807) is 0 Å². The summed E-state index contributed by atoms with van der Waals surface area (Å²) < 4.78 is 1.92. The molecule has 46 heavy (non-hydrogen) atoms. The fourth-order valence-corrected chi connectivity index (χ4v) is 7.74. The summed E-state index contributed by atoms with van der Waals surface area (Å²) in [6.07, 6.45) is 7.30. The third kappa shape index (κ3) is 10.1. The van der Waals surface area contributed by atoms with Gasteiger partial charge in [-0.25, -0.2) is 0 Å². The summed E-state index contributed by atoms with van der Waals surface area (Å²) >= 11 is 6.87. The maximum absolute atomic E-state index is 5.53. The number of hydrogen-bond acceptors (Lipinski definition) is 6. The standard InChI is InChI=1S/2C19H27BrN2O/c2*1-19(2,3)16-6-4-14(5-7-16)13-22-10-8-15(9-11-22)17-12-18(20)21-23-17/h2*4-7,15,17H,8-13H2,1-3H3/t2*17-/m10/s1. The van der Waals surface area contributed by atoms with Crippen LogP contribution in [-0.2, 0) is 33.6 Å². The Kier molecular flexibility index (Phi) is 12.1. The molecule has 0 unspecified atom stereocenters. The van der Waals surface area contributed by atoms with Crippen molar-refractivity contribution in [1.82, 2.24) is 9.80 Å². The lowest BCUT2D eigenvalue weighted by molar-refractivity contribution is 0.0127. The van der Waals surface area contributed by atoms with Gasteiger partial charge >= 0.3 is 0 Å². The molecule has 0 bridgehead atoms. The number of piperidine rings is 2. The second kappa shape index (κ2) is 15.7. The van der Waals surface area contributed by atoms with Gasteiger partial charge in [-0.2, -0.15) is 0 Å². The van der Waals surface area contributed by atoms with Crippen LogP contribution in [0.25, 0.3) is 0 Å². The van der Waals surface area contributed by atoms with Crippen molar-refractivity contribution in [2.75, 3.05) is 26.2 Å². The lowest BCUT2D eigenvalue weighted by Gasteiger charge is -2.33. The molecule has 0 spiro atoms. The van der Waals surface area contributed by atoms with Crippen LogP contribution < -0.4 is 0 Å².